The predicted octanol–water partition coefficient (Wildman–Crippen LogP) is 0.900. The molecule has 0 spiro atoms. The van der Waals surface area contributed by atoms with E-state index >= 15 is 0 Å². The molecule has 24 heavy (non-hydrogen) atoms. The van der Waals surface area contributed by atoms with Gasteiger partial charge >= 0.3 is 0 Å². The molecule has 2 aromatic rings. The summed E-state index contributed by atoms with van der Waals surface area (Å²) in [4.78, 5) is 29.4. The number of imidazole rings is 1. The molecule has 0 saturated carbocycles. The number of aromatic nitrogens is 4. The highest BCUT2D eigenvalue weighted by Crippen LogP contribution is 2.18. The minimum absolute atomic E-state index is 0.107. The van der Waals surface area contributed by atoms with Gasteiger partial charge in [0, 0.05) is 50.3 Å². The SMILES string of the molecule is COc1cc(C)nc(N2CCN(C(=O)C(C)n3ccnc3)CC2)n1. The lowest BCUT2D eigenvalue weighted by molar-refractivity contribution is -0.134. The summed E-state index contributed by atoms with van der Waals surface area (Å²) in [6.45, 7) is 6.52. The fourth-order valence-corrected chi connectivity index (χ4v) is 2.79. The molecule has 3 heterocycles. The average Bonchev–Trinajstić information content (AvgIpc) is 3.14. The van der Waals surface area contributed by atoms with Crippen molar-refractivity contribution in [3.8, 4) is 5.88 Å². The van der Waals surface area contributed by atoms with Gasteiger partial charge in [-0.2, -0.15) is 4.98 Å². The number of rotatable bonds is 4. The molecule has 1 aliphatic heterocycles. The van der Waals surface area contributed by atoms with Gasteiger partial charge in [-0.3, -0.25) is 4.79 Å². The fraction of sp³-hybridized carbons (Fsp3) is 0.500. The van der Waals surface area contributed by atoms with Crippen molar-refractivity contribution in [2.45, 2.75) is 19.9 Å². The van der Waals surface area contributed by atoms with Crippen LogP contribution >= 0.6 is 0 Å². The molecule has 128 valence electrons. The van der Waals surface area contributed by atoms with Gasteiger partial charge in [0.05, 0.1) is 13.4 Å². The molecule has 0 radical (unpaired) electrons. The van der Waals surface area contributed by atoms with Crippen molar-refractivity contribution in [1.82, 2.24) is 24.4 Å². The molecule has 0 N–H and O–H groups in total. The van der Waals surface area contributed by atoms with Crippen molar-refractivity contribution in [2.24, 2.45) is 0 Å². The van der Waals surface area contributed by atoms with Crippen LogP contribution in [0.4, 0.5) is 5.95 Å². The third-order valence-corrected chi connectivity index (χ3v) is 4.23. The Balaban J connectivity index is 1.63. The van der Waals surface area contributed by atoms with E-state index in [0.717, 1.165) is 5.69 Å². The maximum absolute atomic E-state index is 12.6. The molecular formula is C16H22N6O2. The van der Waals surface area contributed by atoms with Crippen molar-refractivity contribution >= 4 is 11.9 Å². The van der Waals surface area contributed by atoms with Crippen molar-refractivity contribution in [1.29, 1.82) is 0 Å². The molecule has 2 aromatic heterocycles. The van der Waals surface area contributed by atoms with Crippen LogP contribution in [0.3, 0.4) is 0 Å². The lowest BCUT2D eigenvalue weighted by atomic mass is 10.2. The van der Waals surface area contributed by atoms with Crippen LogP contribution in [0, 0.1) is 6.92 Å². The van der Waals surface area contributed by atoms with Crippen LogP contribution in [0.5, 0.6) is 5.88 Å². The number of hydrogen-bond donors (Lipinski definition) is 0. The first kappa shape index (κ1) is 16.2. The Morgan fingerprint density at radius 2 is 2.00 bits per heavy atom. The van der Waals surface area contributed by atoms with Gasteiger partial charge in [-0.1, -0.05) is 0 Å². The molecule has 3 rings (SSSR count). The van der Waals surface area contributed by atoms with Crippen molar-refractivity contribution in [2.75, 3.05) is 38.2 Å². The largest absolute Gasteiger partial charge is 0.481 e. The molecule has 0 aromatic carbocycles. The van der Waals surface area contributed by atoms with E-state index in [0.29, 0.717) is 38.0 Å². The number of carbonyl (C=O) groups is 1. The zero-order chi connectivity index (χ0) is 17.1. The summed E-state index contributed by atoms with van der Waals surface area (Å²) in [5.41, 5.74) is 0.865. The van der Waals surface area contributed by atoms with E-state index in [1.165, 1.54) is 0 Å². The van der Waals surface area contributed by atoms with E-state index in [1.807, 2.05) is 29.5 Å². The highest BCUT2D eigenvalue weighted by atomic mass is 16.5. The number of nitrogens with zero attached hydrogens (tertiary/aromatic N) is 6. The molecule has 1 fully saturated rings. The molecule has 1 aliphatic rings. The molecule has 1 saturated heterocycles. The summed E-state index contributed by atoms with van der Waals surface area (Å²) in [6, 6.07) is 1.56. The maximum Gasteiger partial charge on any atom is 0.245 e. The summed E-state index contributed by atoms with van der Waals surface area (Å²) in [7, 11) is 1.60. The van der Waals surface area contributed by atoms with Gasteiger partial charge in [0.15, 0.2) is 0 Å². The zero-order valence-corrected chi connectivity index (χ0v) is 14.2. The Morgan fingerprint density at radius 3 is 2.62 bits per heavy atom. The first-order valence-electron chi connectivity index (χ1n) is 7.99. The fourth-order valence-electron chi connectivity index (χ4n) is 2.79. The molecule has 1 amide bonds. The Morgan fingerprint density at radius 1 is 1.25 bits per heavy atom. The van der Waals surface area contributed by atoms with Gasteiger partial charge in [0.25, 0.3) is 0 Å². The lowest BCUT2D eigenvalue weighted by Crippen LogP contribution is -2.50. The maximum atomic E-state index is 12.6. The smallest absolute Gasteiger partial charge is 0.245 e. The number of aryl methyl sites for hydroxylation is 1. The van der Waals surface area contributed by atoms with E-state index in [4.69, 9.17) is 4.74 Å². The quantitative estimate of drug-likeness (QED) is 0.829. The third-order valence-electron chi connectivity index (χ3n) is 4.23. The minimum atomic E-state index is -0.241. The average molecular weight is 330 g/mol. The van der Waals surface area contributed by atoms with Gasteiger partial charge in [-0.05, 0) is 13.8 Å². The van der Waals surface area contributed by atoms with E-state index < -0.39 is 0 Å². The number of amides is 1. The highest BCUT2D eigenvalue weighted by molar-refractivity contribution is 5.80. The van der Waals surface area contributed by atoms with Crippen LogP contribution in [0.15, 0.2) is 24.8 Å². The lowest BCUT2D eigenvalue weighted by Gasteiger charge is -2.36. The summed E-state index contributed by atoms with van der Waals surface area (Å²) in [6.07, 6.45) is 5.17. The molecule has 8 heteroatoms. The summed E-state index contributed by atoms with van der Waals surface area (Å²) in [5.74, 6) is 1.32. The Bertz CT molecular complexity index is 695. The first-order valence-corrected chi connectivity index (χ1v) is 7.99. The molecule has 0 aliphatic carbocycles. The highest BCUT2D eigenvalue weighted by Gasteiger charge is 2.26. The minimum Gasteiger partial charge on any atom is -0.481 e. The van der Waals surface area contributed by atoms with Crippen molar-refractivity contribution < 1.29 is 9.53 Å². The van der Waals surface area contributed by atoms with E-state index in [2.05, 4.69) is 19.9 Å². The van der Waals surface area contributed by atoms with Gasteiger partial charge in [0.2, 0.25) is 17.7 Å². The summed E-state index contributed by atoms with van der Waals surface area (Å²) >= 11 is 0. The third kappa shape index (κ3) is 3.32. The Labute approximate surface area is 141 Å². The van der Waals surface area contributed by atoms with Crippen LogP contribution in [0.2, 0.25) is 0 Å². The zero-order valence-electron chi connectivity index (χ0n) is 14.2. The van der Waals surface area contributed by atoms with Crippen LogP contribution in [-0.4, -0.2) is 63.6 Å². The molecule has 1 atom stereocenters. The summed E-state index contributed by atoms with van der Waals surface area (Å²) < 4.78 is 7.03. The number of anilines is 1. The van der Waals surface area contributed by atoms with Crippen molar-refractivity contribution in [3.63, 3.8) is 0 Å². The van der Waals surface area contributed by atoms with Gasteiger partial charge < -0.3 is 19.1 Å². The Hall–Kier alpha value is -2.64. The standard InChI is InChI=1S/C16H22N6O2/c1-12-10-14(24-3)19-16(18-12)21-8-6-20(7-9-21)15(23)13(2)22-5-4-17-11-22/h4-5,10-11,13H,6-9H2,1-3H3. The molecular weight excluding hydrogens is 308 g/mol. The molecule has 1 unspecified atom stereocenters. The van der Waals surface area contributed by atoms with Crippen LogP contribution in [0.1, 0.15) is 18.7 Å². The molecule has 8 nitrogen and oxygen atoms in total. The number of piperazine rings is 1. The van der Waals surface area contributed by atoms with Gasteiger partial charge in [0.1, 0.15) is 6.04 Å². The molecule has 0 bridgehead atoms. The number of hydrogen-bond acceptors (Lipinski definition) is 6. The van der Waals surface area contributed by atoms with Gasteiger partial charge in [-0.25, -0.2) is 9.97 Å². The Kier molecular flexibility index (Phi) is 4.64. The normalized spacial score (nSPS) is 16.1. The number of ether oxygens (including phenoxy) is 1. The van der Waals surface area contributed by atoms with E-state index in [-0.39, 0.29) is 11.9 Å². The summed E-state index contributed by atoms with van der Waals surface area (Å²) in [5, 5.41) is 0. The number of methoxy groups -OCH3 is 1. The van der Waals surface area contributed by atoms with Crippen LogP contribution in [0.25, 0.3) is 0 Å². The predicted molar refractivity (Wildman–Crippen MR) is 89.1 cm³/mol. The van der Waals surface area contributed by atoms with Crippen molar-refractivity contribution in [3.05, 3.63) is 30.5 Å². The van der Waals surface area contributed by atoms with Gasteiger partial charge in [-0.15, -0.1) is 0 Å². The van der Waals surface area contributed by atoms with Crippen LogP contribution < -0.4 is 9.64 Å². The second-order valence-corrected chi connectivity index (χ2v) is 5.85. The second-order valence-electron chi connectivity index (χ2n) is 5.85. The van der Waals surface area contributed by atoms with Crippen LogP contribution in [-0.2, 0) is 4.79 Å². The second kappa shape index (κ2) is 6.86. The van der Waals surface area contributed by atoms with E-state index in [1.54, 1.807) is 25.7 Å². The first-order chi connectivity index (χ1) is 11.6. The monoisotopic (exact) mass is 330 g/mol. The number of carbonyl (C=O) groups excluding carboxylic acids is 1. The topological polar surface area (TPSA) is 76.4 Å². The van der Waals surface area contributed by atoms with E-state index in [9.17, 15) is 4.79 Å².